The summed E-state index contributed by atoms with van der Waals surface area (Å²) in [6, 6.07) is 7.40. The van der Waals surface area contributed by atoms with Gasteiger partial charge in [-0.05, 0) is 23.8 Å². The number of ether oxygens (including phenoxy) is 1. The molecule has 0 radical (unpaired) electrons. The Morgan fingerprint density at radius 3 is 2.56 bits per heavy atom. The number of benzene rings is 2. The molecule has 1 amide bonds. The number of hydrogen-bond donors (Lipinski definition) is 6. The average molecular weight is 437 g/mol. The summed E-state index contributed by atoms with van der Waals surface area (Å²) in [7, 11) is 1.42. The van der Waals surface area contributed by atoms with Crippen LogP contribution in [0, 0.1) is 0 Å². The van der Waals surface area contributed by atoms with Crippen molar-refractivity contribution < 1.29 is 34.8 Å². The van der Waals surface area contributed by atoms with Gasteiger partial charge in [-0.3, -0.25) is 4.79 Å². The molecule has 5 rings (SSSR count). The van der Waals surface area contributed by atoms with E-state index in [1.54, 1.807) is 12.1 Å². The first-order chi connectivity index (χ1) is 15.3. The quantitative estimate of drug-likeness (QED) is 0.287. The molecule has 10 nitrogen and oxygen atoms in total. The van der Waals surface area contributed by atoms with E-state index in [-0.39, 0.29) is 47.1 Å². The van der Waals surface area contributed by atoms with Crippen molar-refractivity contribution in [3.63, 3.8) is 0 Å². The number of β-amino-alcohol motifs (C(OH)–C–C–N with tert-alkyl or cyclic N) is 1. The Hall–Kier alpha value is -4.18. The Morgan fingerprint density at radius 1 is 1.06 bits per heavy atom. The summed E-state index contributed by atoms with van der Waals surface area (Å²) in [5, 5.41) is 41.3. The van der Waals surface area contributed by atoms with Crippen molar-refractivity contribution in [3.8, 4) is 17.2 Å². The van der Waals surface area contributed by atoms with E-state index in [1.165, 1.54) is 30.2 Å². The van der Waals surface area contributed by atoms with Crippen LogP contribution in [-0.2, 0) is 6.42 Å². The van der Waals surface area contributed by atoms with E-state index in [2.05, 4.69) is 9.97 Å². The van der Waals surface area contributed by atoms with Gasteiger partial charge in [-0.2, -0.15) is 0 Å². The van der Waals surface area contributed by atoms with Gasteiger partial charge in [-0.1, -0.05) is 0 Å². The topological polar surface area (TPSA) is 159 Å². The number of aromatic amines is 2. The molecule has 0 aliphatic carbocycles. The number of carbonyl (C=O) groups is 2. The first-order valence-corrected chi connectivity index (χ1v) is 9.77. The lowest BCUT2D eigenvalue weighted by Crippen LogP contribution is -2.42. The van der Waals surface area contributed by atoms with Crippen LogP contribution in [0.15, 0.2) is 30.3 Å². The number of phenolic OH excluding ortho intramolecular Hbond substituents is 2. The Balaban J connectivity index is 1.63. The molecule has 0 unspecified atom stereocenters. The van der Waals surface area contributed by atoms with Crippen molar-refractivity contribution in [3.05, 3.63) is 47.3 Å². The van der Waals surface area contributed by atoms with Gasteiger partial charge in [0, 0.05) is 34.8 Å². The molecule has 32 heavy (non-hydrogen) atoms. The number of carboxylic acid groups (broad SMARTS) is 1. The fraction of sp³-hybridized carbons (Fsp3) is 0.182. The summed E-state index contributed by atoms with van der Waals surface area (Å²) in [6.45, 7) is -0.00305. The van der Waals surface area contributed by atoms with Gasteiger partial charge in [0.05, 0.1) is 31.0 Å². The minimum absolute atomic E-state index is 0.00305. The van der Waals surface area contributed by atoms with Gasteiger partial charge in [0.25, 0.3) is 5.91 Å². The molecule has 2 aromatic carbocycles. The number of methoxy groups -OCH3 is 1. The number of aromatic carboxylic acids is 1. The standard InChI is InChI=1S/C22H19N3O7/c1-32-19-6-13-9(3-17(19)27)2-14(23-13)21(29)25-8-10(26)4-11-12-5-15(22(30)31)24-20(12)18(28)7-16(11)25/h2-3,5-7,10,23-24,26-28H,4,8H2,1H3,(H,30,31)/t10-/m0/s1. The highest BCUT2D eigenvalue weighted by atomic mass is 16.5. The molecule has 4 aromatic rings. The second kappa shape index (κ2) is 6.92. The predicted molar refractivity (Wildman–Crippen MR) is 115 cm³/mol. The number of anilines is 1. The zero-order valence-corrected chi connectivity index (χ0v) is 16.8. The van der Waals surface area contributed by atoms with E-state index in [9.17, 15) is 30.0 Å². The number of aliphatic hydroxyl groups is 1. The minimum Gasteiger partial charge on any atom is -0.506 e. The fourth-order valence-electron chi connectivity index (χ4n) is 4.27. The molecule has 0 fully saturated rings. The number of phenols is 2. The van der Waals surface area contributed by atoms with Crippen molar-refractivity contribution in [2.45, 2.75) is 12.5 Å². The van der Waals surface area contributed by atoms with Crippen molar-refractivity contribution in [2.75, 3.05) is 18.6 Å². The van der Waals surface area contributed by atoms with Crippen molar-refractivity contribution in [2.24, 2.45) is 0 Å². The molecule has 0 saturated heterocycles. The first kappa shape index (κ1) is 19.8. The lowest BCUT2D eigenvalue weighted by molar-refractivity contribution is 0.0691. The van der Waals surface area contributed by atoms with E-state index in [0.29, 0.717) is 27.5 Å². The lowest BCUT2D eigenvalue weighted by Gasteiger charge is -2.32. The van der Waals surface area contributed by atoms with Crippen LogP contribution in [-0.4, -0.2) is 62.0 Å². The molecule has 10 heteroatoms. The fourth-order valence-corrected chi connectivity index (χ4v) is 4.27. The molecule has 1 atom stereocenters. The van der Waals surface area contributed by atoms with Gasteiger partial charge in [0.1, 0.15) is 17.1 Å². The highest BCUT2D eigenvalue weighted by Gasteiger charge is 2.32. The first-order valence-electron chi connectivity index (χ1n) is 9.77. The number of amides is 1. The van der Waals surface area contributed by atoms with Crippen molar-refractivity contribution in [1.82, 2.24) is 9.97 Å². The summed E-state index contributed by atoms with van der Waals surface area (Å²) in [5.41, 5.74) is 1.87. The van der Waals surface area contributed by atoms with Crippen LogP contribution in [0.2, 0.25) is 0 Å². The Kier molecular flexibility index (Phi) is 4.28. The maximum Gasteiger partial charge on any atom is 0.352 e. The maximum atomic E-state index is 13.4. The Labute approximate surface area is 180 Å². The summed E-state index contributed by atoms with van der Waals surface area (Å²) in [6.07, 6.45) is -0.680. The van der Waals surface area contributed by atoms with Crippen LogP contribution in [0.25, 0.3) is 21.8 Å². The van der Waals surface area contributed by atoms with Crippen LogP contribution < -0.4 is 9.64 Å². The molecule has 6 N–H and O–H groups in total. The molecule has 1 aliphatic rings. The highest BCUT2D eigenvalue weighted by Crippen LogP contribution is 2.40. The normalized spacial score (nSPS) is 15.8. The summed E-state index contributed by atoms with van der Waals surface area (Å²) in [5.74, 6) is -1.65. The van der Waals surface area contributed by atoms with Crippen LogP contribution >= 0.6 is 0 Å². The van der Waals surface area contributed by atoms with Crippen molar-refractivity contribution in [1.29, 1.82) is 0 Å². The number of hydrogen-bond acceptors (Lipinski definition) is 6. The average Bonchev–Trinajstić information content (AvgIpc) is 3.38. The number of rotatable bonds is 3. The number of carboxylic acids is 1. The molecule has 0 bridgehead atoms. The van der Waals surface area contributed by atoms with Crippen LogP contribution in [0.1, 0.15) is 26.5 Å². The zero-order chi connectivity index (χ0) is 22.7. The number of fused-ring (bicyclic) bond motifs is 4. The molecule has 3 heterocycles. The third kappa shape index (κ3) is 2.92. The number of aliphatic hydroxyl groups excluding tert-OH is 1. The number of aromatic nitrogens is 2. The predicted octanol–water partition coefficient (Wildman–Crippen LogP) is 2.33. The molecule has 1 aliphatic heterocycles. The van der Waals surface area contributed by atoms with Gasteiger partial charge in [0.2, 0.25) is 0 Å². The summed E-state index contributed by atoms with van der Waals surface area (Å²) < 4.78 is 5.10. The zero-order valence-electron chi connectivity index (χ0n) is 16.8. The molecule has 0 saturated carbocycles. The van der Waals surface area contributed by atoms with E-state index < -0.39 is 18.0 Å². The largest absolute Gasteiger partial charge is 0.506 e. The molecule has 2 aromatic heterocycles. The third-order valence-electron chi connectivity index (χ3n) is 5.73. The van der Waals surface area contributed by atoms with E-state index in [0.717, 1.165) is 0 Å². The summed E-state index contributed by atoms with van der Waals surface area (Å²) in [4.78, 5) is 31.8. The van der Waals surface area contributed by atoms with E-state index in [4.69, 9.17) is 4.74 Å². The van der Waals surface area contributed by atoms with Gasteiger partial charge < -0.3 is 40.0 Å². The maximum absolute atomic E-state index is 13.4. The number of aromatic hydroxyl groups is 2. The second-order valence-corrected chi connectivity index (χ2v) is 7.74. The van der Waals surface area contributed by atoms with E-state index >= 15 is 0 Å². The van der Waals surface area contributed by atoms with Gasteiger partial charge >= 0.3 is 5.97 Å². The summed E-state index contributed by atoms with van der Waals surface area (Å²) >= 11 is 0. The number of carbonyl (C=O) groups excluding carboxylic acids is 1. The van der Waals surface area contributed by atoms with Crippen LogP contribution in [0.5, 0.6) is 17.2 Å². The highest BCUT2D eigenvalue weighted by molar-refractivity contribution is 6.10. The molecular formula is C22H19N3O7. The second-order valence-electron chi connectivity index (χ2n) is 7.74. The SMILES string of the molecule is COc1cc2[nH]c(C(=O)N3C[C@@H](O)Cc4c3cc(O)c3[nH]c(C(=O)O)cc43)cc2cc1O. The molecule has 0 spiro atoms. The lowest BCUT2D eigenvalue weighted by atomic mass is 9.95. The number of H-pyrrole nitrogens is 2. The molecular weight excluding hydrogens is 418 g/mol. The monoisotopic (exact) mass is 437 g/mol. The van der Waals surface area contributed by atoms with Crippen molar-refractivity contribution >= 4 is 39.4 Å². The van der Waals surface area contributed by atoms with Crippen LogP contribution in [0.4, 0.5) is 5.69 Å². The van der Waals surface area contributed by atoms with Gasteiger partial charge in [-0.15, -0.1) is 0 Å². The molecule has 164 valence electrons. The van der Waals surface area contributed by atoms with Crippen LogP contribution in [0.3, 0.4) is 0 Å². The number of nitrogens with one attached hydrogen (secondary N) is 2. The smallest absolute Gasteiger partial charge is 0.352 e. The third-order valence-corrected chi connectivity index (χ3v) is 5.73. The van der Waals surface area contributed by atoms with Gasteiger partial charge in [0.15, 0.2) is 11.5 Å². The minimum atomic E-state index is -1.18. The van der Waals surface area contributed by atoms with Gasteiger partial charge in [-0.25, -0.2) is 4.79 Å². The number of nitrogens with zero attached hydrogens (tertiary/aromatic N) is 1. The Bertz CT molecular complexity index is 1420. The van der Waals surface area contributed by atoms with E-state index in [1.807, 2.05) is 0 Å². The Morgan fingerprint density at radius 2 is 1.84 bits per heavy atom.